The molecule has 0 saturated carbocycles. The Labute approximate surface area is 280 Å². The summed E-state index contributed by atoms with van der Waals surface area (Å²) in [6.07, 6.45) is 0.979. The molecule has 228 valence electrons. The maximum atomic E-state index is 13.3. The number of aliphatic imine (C=N–C) groups is 1. The maximum absolute atomic E-state index is 13.3. The Kier molecular flexibility index (Phi) is 10.8. The first kappa shape index (κ1) is 35.6. The number of nitrogens with zero attached hydrogens (tertiary/aromatic N) is 4. The van der Waals surface area contributed by atoms with Crippen molar-refractivity contribution in [2.45, 2.75) is 28.0 Å². The normalized spacial score (nSPS) is 12.5. The number of rotatable bonds is 9. The molecule has 0 aliphatic heterocycles. The monoisotopic (exact) mass is 679 g/mol. The molecule has 0 aromatic heterocycles. The van der Waals surface area contributed by atoms with Crippen molar-refractivity contribution in [2.75, 3.05) is 11.0 Å². The molecule has 45 heavy (non-hydrogen) atoms. The molecule has 0 unspecified atom stereocenters. The summed E-state index contributed by atoms with van der Waals surface area (Å²) in [5.41, 5.74) is -0.631. The second-order valence-corrected chi connectivity index (χ2v) is 14.3. The van der Waals surface area contributed by atoms with E-state index in [0.29, 0.717) is 0 Å². The summed E-state index contributed by atoms with van der Waals surface area (Å²) in [6, 6.07) is 14.7. The van der Waals surface area contributed by atoms with Gasteiger partial charge < -0.3 is 10.2 Å². The van der Waals surface area contributed by atoms with Crippen LogP contribution in [-0.2, 0) is 30.0 Å². The van der Waals surface area contributed by atoms with Crippen LogP contribution in [0.1, 0.15) is 18.9 Å². The topological polar surface area (TPSA) is 239 Å². The van der Waals surface area contributed by atoms with Gasteiger partial charge in [0.25, 0.3) is 20.1 Å². The molecule has 0 radical (unpaired) electrons. The SMILES string of the molecule is CCC([O-])=Nc1cc(N=Nc2ccc(S(C)(=O)=O)cc2C#N)c2c(NS(=O)(=O)c3cccc(S(=O)(=O)O)c3)cccc2c1O.[Na+]. The van der Waals surface area contributed by atoms with E-state index in [1.54, 1.807) is 6.92 Å². The van der Waals surface area contributed by atoms with Gasteiger partial charge in [-0.05, 0) is 60.8 Å². The van der Waals surface area contributed by atoms with E-state index in [1.807, 2.05) is 6.07 Å². The van der Waals surface area contributed by atoms with Crippen LogP contribution in [0.5, 0.6) is 5.75 Å². The summed E-state index contributed by atoms with van der Waals surface area (Å²) in [7, 11) is -12.9. The van der Waals surface area contributed by atoms with E-state index < -0.39 is 51.4 Å². The van der Waals surface area contributed by atoms with Crippen molar-refractivity contribution in [3.05, 3.63) is 72.3 Å². The van der Waals surface area contributed by atoms with Gasteiger partial charge in [-0.1, -0.05) is 25.1 Å². The molecule has 14 nitrogen and oxygen atoms in total. The van der Waals surface area contributed by atoms with Gasteiger partial charge in [-0.2, -0.15) is 13.7 Å². The van der Waals surface area contributed by atoms with Crippen LogP contribution in [0, 0.1) is 11.3 Å². The van der Waals surface area contributed by atoms with Crippen LogP contribution < -0.4 is 39.4 Å². The van der Waals surface area contributed by atoms with Crippen molar-refractivity contribution in [1.29, 1.82) is 5.26 Å². The number of nitriles is 1. The van der Waals surface area contributed by atoms with Gasteiger partial charge in [0.15, 0.2) is 9.84 Å². The molecule has 18 heteroatoms. The summed E-state index contributed by atoms with van der Waals surface area (Å²) >= 11 is 0. The predicted octanol–water partition coefficient (Wildman–Crippen LogP) is 1.09. The standard InChI is InChI=1S/C27H23N5O9S3.Na/c1-3-25(33)29-24-14-23(31-30-21-11-10-17(42(2,35)36)12-16(21)15-28)26-20(27(24)34)8-5-9-22(26)32-43(37,38)18-6-4-7-19(13-18)44(39,40)41;/h4-14,32,34H,3H2,1-2H3,(H,29,33)(H,39,40,41);/q;+1/p-1. The van der Waals surface area contributed by atoms with Crippen LogP contribution in [-0.4, -0.2) is 47.1 Å². The van der Waals surface area contributed by atoms with Crippen molar-refractivity contribution in [2.24, 2.45) is 15.2 Å². The van der Waals surface area contributed by atoms with E-state index in [0.717, 1.165) is 36.6 Å². The summed E-state index contributed by atoms with van der Waals surface area (Å²) in [4.78, 5) is 2.57. The Morgan fingerprint density at radius 2 is 1.53 bits per heavy atom. The number of phenols is 1. The third kappa shape index (κ3) is 8.04. The molecule has 0 atom stereocenters. The van der Waals surface area contributed by atoms with Gasteiger partial charge in [-0.15, -0.1) is 10.2 Å². The predicted molar refractivity (Wildman–Crippen MR) is 159 cm³/mol. The minimum Gasteiger partial charge on any atom is -0.862 e. The maximum Gasteiger partial charge on any atom is 1.00 e. The van der Waals surface area contributed by atoms with Crippen molar-refractivity contribution in [1.82, 2.24) is 0 Å². The molecule has 0 amide bonds. The van der Waals surface area contributed by atoms with Gasteiger partial charge in [-0.3, -0.25) is 14.3 Å². The second kappa shape index (κ2) is 13.6. The molecule has 4 aromatic carbocycles. The number of sulfonamides is 1. The minimum atomic E-state index is -4.72. The third-order valence-electron chi connectivity index (χ3n) is 6.08. The molecule has 0 saturated heterocycles. The van der Waals surface area contributed by atoms with E-state index in [4.69, 9.17) is 0 Å². The largest absolute Gasteiger partial charge is 1.00 e. The molecule has 0 heterocycles. The van der Waals surface area contributed by atoms with Gasteiger partial charge in [0, 0.05) is 17.0 Å². The molecule has 4 aromatic rings. The number of benzene rings is 4. The van der Waals surface area contributed by atoms with Gasteiger partial charge in [0.1, 0.15) is 23.2 Å². The Morgan fingerprint density at radius 3 is 2.16 bits per heavy atom. The second-order valence-electron chi connectivity index (χ2n) is 9.17. The molecular weight excluding hydrogens is 658 g/mol. The fourth-order valence-electron chi connectivity index (χ4n) is 3.93. The van der Waals surface area contributed by atoms with Crippen LogP contribution >= 0.6 is 0 Å². The summed E-state index contributed by atoms with van der Waals surface area (Å²) < 4.78 is 85.2. The summed E-state index contributed by atoms with van der Waals surface area (Å²) in [6.45, 7) is 1.55. The summed E-state index contributed by atoms with van der Waals surface area (Å²) in [5, 5.41) is 40.8. The number of hydrogen-bond acceptors (Lipinski definition) is 12. The van der Waals surface area contributed by atoms with Crippen molar-refractivity contribution in [3.8, 4) is 11.8 Å². The Balaban J connectivity index is 0.00000552. The van der Waals surface area contributed by atoms with Gasteiger partial charge in [0.2, 0.25) is 0 Å². The van der Waals surface area contributed by atoms with Crippen molar-refractivity contribution < 1.29 is 69.6 Å². The minimum absolute atomic E-state index is 0. The Hall–Kier alpha value is -3.89. The van der Waals surface area contributed by atoms with Gasteiger partial charge in [-0.25, -0.2) is 16.8 Å². The smallest absolute Gasteiger partial charge is 0.862 e. The number of nitrogens with one attached hydrogen (secondary N) is 1. The van der Waals surface area contributed by atoms with Crippen LogP contribution in [0.2, 0.25) is 0 Å². The molecule has 0 fully saturated rings. The molecule has 0 aliphatic rings. The van der Waals surface area contributed by atoms with Crippen molar-refractivity contribution >= 4 is 69.4 Å². The average Bonchev–Trinajstić information content (AvgIpc) is 2.96. The van der Waals surface area contributed by atoms with Crippen molar-refractivity contribution in [3.63, 3.8) is 0 Å². The van der Waals surface area contributed by atoms with E-state index in [9.17, 15) is 45.3 Å². The van der Waals surface area contributed by atoms with Gasteiger partial charge >= 0.3 is 29.6 Å². The number of azo groups is 1. The van der Waals surface area contributed by atoms with E-state index in [1.165, 1.54) is 36.4 Å². The fourth-order valence-corrected chi connectivity index (χ4v) is 6.30. The molecular formula is C27H22N5NaO9S3. The molecule has 0 spiro atoms. The number of phenolic OH excluding ortho intramolecular Hbond substituents is 1. The van der Waals surface area contributed by atoms with E-state index in [-0.39, 0.29) is 80.0 Å². The zero-order valence-electron chi connectivity index (χ0n) is 23.8. The third-order valence-corrected chi connectivity index (χ3v) is 9.40. The van der Waals surface area contributed by atoms with Crippen LogP contribution in [0.4, 0.5) is 22.7 Å². The van der Waals surface area contributed by atoms with Crippen LogP contribution in [0.25, 0.3) is 10.8 Å². The molecule has 0 bridgehead atoms. The van der Waals surface area contributed by atoms with E-state index >= 15 is 0 Å². The number of fused-ring (bicyclic) bond motifs is 1. The zero-order chi connectivity index (χ0) is 32.4. The van der Waals surface area contributed by atoms with Crippen LogP contribution in [0.3, 0.4) is 0 Å². The Morgan fingerprint density at radius 1 is 0.889 bits per heavy atom. The quantitative estimate of drug-likeness (QED) is 0.0748. The number of sulfone groups is 1. The number of anilines is 1. The first-order valence-corrected chi connectivity index (χ1v) is 17.2. The fraction of sp³-hybridized carbons (Fsp3) is 0.111. The first-order valence-electron chi connectivity index (χ1n) is 12.3. The molecule has 3 N–H and O–H groups in total. The summed E-state index contributed by atoms with van der Waals surface area (Å²) in [5.74, 6) is -1.06. The Bertz CT molecular complexity index is 2250. The molecule has 0 aliphatic carbocycles. The average molecular weight is 680 g/mol. The molecule has 4 rings (SSSR count). The van der Waals surface area contributed by atoms with Crippen LogP contribution in [0.15, 0.2) is 96.6 Å². The van der Waals surface area contributed by atoms with E-state index in [2.05, 4.69) is 19.9 Å². The number of aromatic hydroxyl groups is 1. The number of hydrogen-bond donors (Lipinski definition) is 3. The van der Waals surface area contributed by atoms with Gasteiger partial charge in [0.05, 0.1) is 31.6 Å². The zero-order valence-corrected chi connectivity index (χ0v) is 28.3. The first-order chi connectivity index (χ1) is 20.5.